The molecule has 2 rings (SSSR count). The second-order valence-corrected chi connectivity index (χ2v) is 6.62. The second kappa shape index (κ2) is 4.64. The van der Waals surface area contributed by atoms with Crippen LogP contribution in [0.15, 0.2) is 0 Å². The van der Waals surface area contributed by atoms with E-state index in [-0.39, 0.29) is 5.54 Å². The highest BCUT2D eigenvalue weighted by atomic mass is 32.2. The van der Waals surface area contributed by atoms with Crippen LogP contribution < -0.4 is 5.73 Å². The molecular weight excluding hydrogens is 204 g/mol. The van der Waals surface area contributed by atoms with E-state index in [1.807, 2.05) is 0 Å². The number of nitrogens with zero attached hydrogens (tertiary/aromatic N) is 1. The quantitative estimate of drug-likeness (QED) is 0.797. The molecule has 0 spiro atoms. The summed E-state index contributed by atoms with van der Waals surface area (Å²) in [4.78, 5) is 2.67. The van der Waals surface area contributed by atoms with Gasteiger partial charge in [-0.15, -0.1) is 0 Å². The van der Waals surface area contributed by atoms with E-state index < -0.39 is 0 Å². The molecule has 2 unspecified atom stereocenters. The molecule has 0 aromatic carbocycles. The third kappa shape index (κ3) is 2.69. The smallest absolute Gasteiger partial charge is 0.0309 e. The van der Waals surface area contributed by atoms with Gasteiger partial charge in [0.1, 0.15) is 0 Å². The predicted molar refractivity (Wildman–Crippen MR) is 68.3 cm³/mol. The predicted octanol–water partition coefficient (Wildman–Crippen LogP) is 1.94. The molecule has 1 saturated heterocycles. The number of hydrogen-bond acceptors (Lipinski definition) is 3. The van der Waals surface area contributed by atoms with Crippen LogP contribution in [0, 0.1) is 5.92 Å². The Morgan fingerprint density at radius 3 is 2.73 bits per heavy atom. The molecular formula is C12H24N2S. The monoisotopic (exact) mass is 228 g/mol. The zero-order chi connectivity index (χ0) is 10.9. The van der Waals surface area contributed by atoms with Gasteiger partial charge in [-0.05, 0) is 26.2 Å². The molecule has 2 atom stereocenters. The van der Waals surface area contributed by atoms with E-state index in [0.717, 1.165) is 12.5 Å². The van der Waals surface area contributed by atoms with Gasteiger partial charge in [0.25, 0.3) is 0 Å². The summed E-state index contributed by atoms with van der Waals surface area (Å²) in [5.41, 5.74) is 6.29. The van der Waals surface area contributed by atoms with E-state index in [1.54, 1.807) is 0 Å². The van der Waals surface area contributed by atoms with Crippen molar-refractivity contribution in [3.05, 3.63) is 0 Å². The molecule has 0 amide bonds. The normalized spacial score (nSPS) is 32.6. The maximum Gasteiger partial charge on any atom is 0.0309 e. The second-order valence-electron chi connectivity index (χ2n) is 5.47. The summed E-state index contributed by atoms with van der Waals surface area (Å²) in [5.74, 6) is 3.53. The van der Waals surface area contributed by atoms with Gasteiger partial charge in [-0.25, -0.2) is 0 Å². The summed E-state index contributed by atoms with van der Waals surface area (Å²) in [6.45, 7) is 6.77. The fourth-order valence-electron chi connectivity index (χ4n) is 2.79. The van der Waals surface area contributed by atoms with Gasteiger partial charge < -0.3 is 5.73 Å². The van der Waals surface area contributed by atoms with Crippen molar-refractivity contribution < 1.29 is 0 Å². The molecule has 1 aliphatic carbocycles. The van der Waals surface area contributed by atoms with Crippen molar-refractivity contribution >= 4 is 11.8 Å². The highest BCUT2D eigenvalue weighted by molar-refractivity contribution is 7.99. The van der Waals surface area contributed by atoms with Gasteiger partial charge >= 0.3 is 0 Å². The van der Waals surface area contributed by atoms with E-state index in [4.69, 9.17) is 5.73 Å². The number of rotatable bonds is 4. The molecule has 1 heterocycles. The minimum Gasteiger partial charge on any atom is -0.329 e. The van der Waals surface area contributed by atoms with Crippen LogP contribution in [-0.2, 0) is 0 Å². The standard InChI is InChI=1S/C12H24N2S/c1-10-8-15-6-5-14(10)12(2,9-13)7-11-3-4-11/h10-11H,3-9,13H2,1-2H3. The molecule has 0 radical (unpaired) electrons. The molecule has 0 aromatic rings. The van der Waals surface area contributed by atoms with Crippen molar-refractivity contribution in [3.8, 4) is 0 Å². The Morgan fingerprint density at radius 1 is 1.47 bits per heavy atom. The van der Waals surface area contributed by atoms with Gasteiger partial charge in [-0.1, -0.05) is 12.8 Å². The Kier molecular flexibility index (Phi) is 3.63. The summed E-state index contributed by atoms with van der Waals surface area (Å²) in [5, 5.41) is 0. The average Bonchev–Trinajstić information content (AvgIpc) is 3.02. The number of thioether (sulfide) groups is 1. The SMILES string of the molecule is CC1CSCCN1C(C)(CN)CC1CC1. The first-order valence-electron chi connectivity index (χ1n) is 6.20. The van der Waals surface area contributed by atoms with E-state index in [9.17, 15) is 0 Å². The van der Waals surface area contributed by atoms with Crippen LogP contribution >= 0.6 is 11.8 Å². The van der Waals surface area contributed by atoms with Crippen LogP contribution in [-0.4, -0.2) is 41.1 Å². The van der Waals surface area contributed by atoms with Gasteiger partial charge in [0.05, 0.1) is 0 Å². The lowest BCUT2D eigenvalue weighted by Gasteiger charge is -2.46. The van der Waals surface area contributed by atoms with E-state index >= 15 is 0 Å². The Bertz CT molecular complexity index is 218. The summed E-state index contributed by atoms with van der Waals surface area (Å²) >= 11 is 2.09. The molecule has 0 bridgehead atoms. The molecule has 2 aliphatic rings. The van der Waals surface area contributed by atoms with Crippen molar-refractivity contribution in [2.24, 2.45) is 11.7 Å². The average molecular weight is 228 g/mol. The lowest BCUT2D eigenvalue weighted by molar-refractivity contribution is 0.0694. The van der Waals surface area contributed by atoms with Crippen LogP contribution in [0.1, 0.15) is 33.1 Å². The first-order chi connectivity index (χ1) is 7.15. The highest BCUT2D eigenvalue weighted by Gasteiger charge is 2.39. The Morgan fingerprint density at radius 2 is 2.20 bits per heavy atom. The number of nitrogens with two attached hydrogens (primary N) is 1. The lowest BCUT2D eigenvalue weighted by atomic mass is 9.91. The van der Waals surface area contributed by atoms with Crippen LogP contribution in [0.4, 0.5) is 0 Å². The maximum absolute atomic E-state index is 6.03. The van der Waals surface area contributed by atoms with Crippen molar-refractivity contribution in [2.45, 2.75) is 44.7 Å². The summed E-state index contributed by atoms with van der Waals surface area (Å²) in [7, 11) is 0. The Balaban J connectivity index is 2.01. The molecule has 2 N–H and O–H groups in total. The van der Waals surface area contributed by atoms with Crippen molar-refractivity contribution in [3.63, 3.8) is 0 Å². The van der Waals surface area contributed by atoms with Crippen molar-refractivity contribution in [1.29, 1.82) is 0 Å². The first-order valence-corrected chi connectivity index (χ1v) is 7.36. The van der Waals surface area contributed by atoms with Gasteiger partial charge in [-0.3, -0.25) is 4.90 Å². The third-order valence-corrected chi connectivity index (χ3v) is 5.12. The topological polar surface area (TPSA) is 29.3 Å². The molecule has 2 nitrogen and oxygen atoms in total. The highest BCUT2D eigenvalue weighted by Crippen LogP contribution is 2.39. The molecule has 0 aromatic heterocycles. The summed E-state index contributed by atoms with van der Waals surface area (Å²) < 4.78 is 0. The Hall–Kier alpha value is 0.270. The molecule has 1 aliphatic heterocycles. The zero-order valence-corrected chi connectivity index (χ0v) is 10.9. The fourth-order valence-corrected chi connectivity index (χ4v) is 3.80. The molecule has 88 valence electrons. The first kappa shape index (κ1) is 11.7. The molecule has 1 saturated carbocycles. The fraction of sp³-hybridized carbons (Fsp3) is 1.00. The van der Waals surface area contributed by atoms with Crippen LogP contribution in [0.25, 0.3) is 0 Å². The molecule has 3 heteroatoms. The minimum absolute atomic E-state index is 0.265. The van der Waals surface area contributed by atoms with Gasteiger partial charge in [-0.2, -0.15) is 11.8 Å². The van der Waals surface area contributed by atoms with Gasteiger partial charge in [0.2, 0.25) is 0 Å². The van der Waals surface area contributed by atoms with Crippen LogP contribution in [0.2, 0.25) is 0 Å². The van der Waals surface area contributed by atoms with Crippen LogP contribution in [0.5, 0.6) is 0 Å². The van der Waals surface area contributed by atoms with Crippen LogP contribution in [0.3, 0.4) is 0 Å². The zero-order valence-electron chi connectivity index (χ0n) is 10.0. The summed E-state index contributed by atoms with van der Waals surface area (Å²) in [6.07, 6.45) is 4.19. The van der Waals surface area contributed by atoms with Gasteiger partial charge in [0.15, 0.2) is 0 Å². The van der Waals surface area contributed by atoms with Crippen molar-refractivity contribution in [1.82, 2.24) is 4.90 Å². The molecule has 2 fully saturated rings. The minimum atomic E-state index is 0.265. The van der Waals surface area contributed by atoms with E-state index in [1.165, 1.54) is 37.3 Å². The van der Waals surface area contributed by atoms with E-state index in [2.05, 4.69) is 30.5 Å². The van der Waals surface area contributed by atoms with Gasteiger partial charge in [0, 0.05) is 36.2 Å². The lowest BCUT2D eigenvalue weighted by Crippen LogP contribution is -2.58. The summed E-state index contributed by atoms with van der Waals surface area (Å²) in [6, 6.07) is 0.705. The molecule has 15 heavy (non-hydrogen) atoms. The van der Waals surface area contributed by atoms with Crippen molar-refractivity contribution in [2.75, 3.05) is 24.6 Å². The largest absolute Gasteiger partial charge is 0.329 e. The third-order valence-electron chi connectivity index (χ3n) is 3.93. The number of hydrogen-bond donors (Lipinski definition) is 1. The maximum atomic E-state index is 6.03. The Labute approximate surface area is 98.0 Å². The van der Waals surface area contributed by atoms with E-state index in [0.29, 0.717) is 6.04 Å².